The Hall–Kier alpha value is -1.96. The Kier molecular flexibility index (Phi) is 4.03. The number of aryl methyl sites for hydroxylation is 1. The molecule has 0 spiro atoms. The third-order valence-electron chi connectivity index (χ3n) is 3.04. The molecule has 0 fully saturated rings. The molecule has 6 nitrogen and oxygen atoms in total. The van der Waals surface area contributed by atoms with E-state index in [1.165, 1.54) is 6.07 Å². The van der Waals surface area contributed by atoms with Crippen molar-refractivity contribution in [3.63, 3.8) is 0 Å². The third kappa shape index (κ3) is 2.79. The molecule has 1 heterocycles. The molecular formula is C12H12BrFN4O2. The molecule has 2 aromatic rings. The van der Waals surface area contributed by atoms with Gasteiger partial charge in [0.25, 0.3) is 5.69 Å². The SMILES string of the molecule is Cc1c(CNc2cc(Br)c(F)cc2[N+](=O)[O-])cnn1C. The summed E-state index contributed by atoms with van der Waals surface area (Å²) in [6.07, 6.45) is 1.69. The zero-order chi connectivity index (χ0) is 14.9. The van der Waals surface area contributed by atoms with E-state index >= 15 is 0 Å². The van der Waals surface area contributed by atoms with Crippen LogP contribution in [0.1, 0.15) is 11.3 Å². The van der Waals surface area contributed by atoms with Crippen LogP contribution in [0.2, 0.25) is 0 Å². The number of hydrogen-bond acceptors (Lipinski definition) is 4. The fraction of sp³-hybridized carbons (Fsp3) is 0.250. The molecule has 1 aromatic heterocycles. The molecule has 0 radical (unpaired) electrons. The van der Waals surface area contributed by atoms with Crippen molar-refractivity contribution in [2.24, 2.45) is 7.05 Å². The fourth-order valence-electron chi connectivity index (χ4n) is 1.74. The highest BCUT2D eigenvalue weighted by Gasteiger charge is 2.17. The first-order valence-corrected chi connectivity index (χ1v) is 6.54. The smallest absolute Gasteiger partial charge is 0.295 e. The Morgan fingerprint density at radius 3 is 2.80 bits per heavy atom. The molecule has 0 atom stereocenters. The summed E-state index contributed by atoms with van der Waals surface area (Å²) in [4.78, 5) is 10.3. The number of nitrogens with one attached hydrogen (secondary N) is 1. The number of halogens is 2. The van der Waals surface area contributed by atoms with Crippen molar-refractivity contribution in [1.29, 1.82) is 0 Å². The number of aromatic nitrogens is 2. The summed E-state index contributed by atoms with van der Waals surface area (Å²) in [5.74, 6) is -0.667. The molecule has 0 bridgehead atoms. The molecule has 0 saturated carbocycles. The molecule has 0 aliphatic carbocycles. The number of nitro benzene ring substituents is 1. The molecular weight excluding hydrogens is 331 g/mol. The van der Waals surface area contributed by atoms with Crippen LogP contribution in [0.5, 0.6) is 0 Å². The van der Waals surface area contributed by atoms with Gasteiger partial charge in [0.2, 0.25) is 0 Å². The maximum Gasteiger partial charge on any atom is 0.295 e. The summed E-state index contributed by atoms with van der Waals surface area (Å²) in [6, 6.07) is 2.25. The van der Waals surface area contributed by atoms with E-state index in [9.17, 15) is 14.5 Å². The number of anilines is 1. The Labute approximate surface area is 122 Å². The highest BCUT2D eigenvalue weighted by atomic mass is 79.9. The summed E-state index contributed by atoms with van der Waals surface area (Å²) >= 11 is 3.02. The second kappa shape index (κ2) is 5.58. The van der Waals surface area contributed by atoms with Crippen LogP contribution >= 0.6 is 15.9 Å². The largest absolute Gasteiger partial charge is 0.375 e. The van der Waals surface area contributed by atoms with Gasteiger partial charge in [-0.3, -0.25) is 14.8 Å². The van der Waals surface area contributed by atoms with E-state index in [2.05, 4.69) is 26.3 Å². The lowest BCUT2D eigenvalue weighted by molar-refractivity contribution is -0.384. The van der Waals surface area contributed by atoms with Gasteiger partial charge in [-0.15, -0.1) is 0 Å². The molecule has 20 heavy (non-hydrogen) atoms. The molecule has 1 aromatic carbocycles. The number of benzene rings is 1. The number of nitrogens with zero attached hydrogens (tertiary/aromatic N) is 3. The van der Waals surface area contributed by atoms with Gasteiger partial charge in [-0.25, -0.2) is 4.39 Å². The lowest BCUT2D eigenvalue weighted by Gasteiger charge is -2.08. The van der Waals surface area contributed by atoms with Gasteiger partial charge in [0.05, 0.1) is 21.7 Å². The quantitative estimate of drug-likeness (QED) is 0.684. The van der Waals surface area contributed by atoms with Crippen molar-refractivity contribution >= 4 is 27.3 Å². The molecule has 0 amide bonds. The van der Waals surface area contributed by atoms with Gasteiger partial charge in [0.15, 0.2) is 0 Å². The average Bonchev–Trinajstić information content (AvgIpc) is 2.71. The molecule has 0 saturated heterocycles. The number of rotatable bonds is 4. The van der Waals surface area contributed by atoms with Crippen LogP contribution in [-0.2, 0) is 13.6 Å². The van der Waals surface area contributed by atoms with Crippen molar-refractivity contribution in [3.8, 4) is 0 Å². The first-order chi connectivity index (χ1) is 9.40. The van der Waals surface area contributed by atoms with Gasteiger partial charge in [-0.2, -0.15) is 5.10 Å². The van der Waals surface area contributed by atoms with E-state index in [1.807, 2.05) is 14.0 Å². The zero-order valence-electron chi connectivity index (χ0n) is 10.9. The highest BCUT2D eigenvalue weighted by Crippen LogP contribution is 2.30. The maximum atomic E-state index is 13.4. The van der Waals surface area contributed by atoms with E-state index in [0.29, 0.717) is 6.54 Å². The van der Waals surface area contributed by atoms with Gasteiger partial charge in [-0.1, -0.05) is 0 Å². The summed E-state index contributed by atoms with van der Waals surface area (Å²) < 4.78 is 15.2. The van der Waals surface area contributed by atoms with Gasteiger partial charge in [0.1, 0.15) is 11.5 Å². The van der Waals surface area contributed by atoms with Crippen molar-refractivity contribution in [1.82, 2.24) is 9.78 Å². The minimum Gasteiger partial charge on any atom is -0.375 e. The van der Waals surface area contributed by atoms with Gasteiger partial charge >= 0.3 is 0 Å². The topological polar surface area (TPSA) is 73.0 Å². The summed E-state index contributed by atoms with van der Waals surface area (Å²) in [5.41, 5.74) is 1.84. The van der Waals surface area contributed by atoms with E-state index in [1.54, 1.807) is 10.9 Å². The molecule has 0 aliphatic rings. The van der Waals surface area contributed by atoms with Gasteiger partial charge in [-0.05, 0) is 28.9 Å². The summed E-state index contributed by atoms with van der Waals surface area (Å²) in [7, 11) is 1.82. The van der Waals surface area contributed by atoms with Crippen LogP contribution < -0.4 is 5.32 Å². The average molecular weight is 343 g/mol. The lowest BCUT2D eigenvalue weighted by Crippen LogP contribution is -2.04. The van der Waals surface area contributed by atoms with Crippen LogP contribution in [0.25, 0.3) is 0 Å². The summed E-state index contributed by atoms with van der Waals surface area (Å²) in [6.45, 7) is 2.28. The normalized spacial score (nSPS) is 10.6. The third-order valence-corrected chi connectivity index (χ3v) is 3.65. The second-order valence-electron chi connectivity index (χ2n) is 4.27. The predicted octanol–water partition coefficient (Wildman–Crippen LogP) is 3.15. The first kappa shape index (κ1) is 14.4. The van der Waals surface area contributed by atoms with E-state index in [4.69, 9.17) is 0 Å². The van der Waals surface area contributed by atoms with E-state index in [0.717, 1.165) is 17.3 Å². The Balaban J connectivity index is 2.27. The number of nitro groups is 1. The van der Waals surface area contributed by atoms with Crippen LogP contribution in [-0.4, -0.2) is 14.7 Å². The molecule has 8 heteroatoms. The van der Waals surface area contributed by atoms with Gasteiger partial charge in [0, 0.05) is 24.8 Å². The lowest BCUT2D eigenvalue weighted by atomic mass is 10.2. The zero-order valence-corrected chi connectivity index (χ0v) is 12.4. The van der Waals surface area contributed by atoms with E-state index < -0.39 is 10.7 Å². The van der Waals surface area contributed by atoms with Crippen molar-refractivity contribution in [3.05, 3.63) is 50.0 Å². The molecule has 0 unspecified atom stereocenters. The molecule has 0 aliphatic heterocycles. The van der Waals surface area contributed by atoms with Crippen molar-refractivity contribution in [2.45, 2.75) is 13.5 Å². The maximum absolute atomic E-state index is 13.4. The van der Waals surface area contributed by atoms with Crippen molar-refractivity contribution in [2.75, 3.05) is 5.32 Å². The van der Waals surface area contributed by atoms with Gasteiger partial charge < -0.3 is 5.32 Å². The minimum absolute atomic E-state index is 0.175. The first-order valence-electron chi connectivity index (χ1n) is 5.75. The van der Waals surface area contributed by atoms with E-state index in [-0.39, 0.29) is 15.8 Å². The monoisotopic (exact) mass is 342 g/mol. The standard InChI is InChI=1S/C12H12BrFN4O2/c1-7-8(6-16-17(7)2)5-15-11-3-9(13)10(14)4-12(11)18(19)20/h3-4,6,15H,5H2,1-2H3. The van der Waals surface area contributed by atoms with Crippen LogP contribution in [0.3, 0.4) is 0 Å². The van der Waals surface area contributed by atoms with Crippen LogP contribution in [0.4, 0.5) is 15.8 Å². The Morgan fingerprint density at radius 2 is 2.25 bits per heavy atom. The number of hydrogen-bond donors (Lipinski definition) is 1. The molecule has 106 valence electrons. The fourth-order valence-corrected chi connectivity index (χ4v) is 2.08. The predicted molar refractivity (Wildman–Crippen MR) is 76.0 cm³/mol. The van der Waals surface area contributed by atoms with Crippen LogP contribution in [0, 0.1) is 22.9 Å². The Bertz CT molecular complexity index is 672. The highest BCUT2D eigenvalue weighted by molar-refractivity contribution is 9.10. The minimum atomic E-state index is -0.667. The van der Waals surface area contributed by atoms with Crippen LogP contribution in [0.15, 0.2) is 22.8 Å². The molecule has 1 N–H and O–H groups in total. The van der Waals surface area contributed by atoms with Crippen molar-refractivity contribution < 1.29 is 9.31 Å². The second-order valence-corrected chi connectivity index (χ2v) is 5.13. The summed E-state index contributed by atoms with van der Waals surface area (Å²) in [5, 5.41) is 18.0. The molecule has 2 rings (SSSR count). The Morgan fingerprint density at radius 1 is 1.55 bits per heavy atom.